The highest BCUT2D eigenvalue weighted by atomic mass is 79.9. The van der Waals surface area contributed by atoms with Crippen molar-refractivity contribution < 1.29 is 8.81 Å². The van der Waals surface area contributed by atoms with E-state index in [1.165, 1.54) is 18.9 Å². The Balaban J connectivity index is 1.76. The van der Waals surface area contributed by atoms with Crippen LogP contribution in [0, 0.1) is 5.82 Å². The van der Waals surface area contributed by atoms with Crippen LogP contribution in [0.1, 0.15) is 18.7 Å². The summed E-state index contributed by atoms with van der Waals surface area (Å²) >= 11 is 3.10. The standard InChI is InChI=1S/C12H11BrFN3O/c13-9-4-1-7(5-10(9)14)12-17-16-11(18-12)6-15-8-2-3-8/h1,4-5,8,15H,2-3,6H2. The second-order valence-electron chi connectivity index (χ2n) is 4.29. The molecule has 1 heterocycles. The molecule has 18 heavy (non-hydrogen) atoms. The SMILES string of the molecule is Fc1cc(-c2nnc(CNC3CC3)o2)ccc1Br. The number of nitrogens with zero attached hydrogens (tertiary/aromatic N) is 2. The molecule has 6 heteroatoms. The van der Waals surface area contributed by atoms with E-state index in [-0.39, 0.29) is 5.82 Å². The van der Waals surface area contributed by atoms with E-state index in [1.54, 1.807) is 12.1 Å². The summed E-state index contributed by atoms with van der Waals surface area (Å²) in [5, 5.41) is 11.1. The van der Waals surface area contributed by atoms with Crippen LogP contribution in [0.3, 0.4) is 0 Å². The summed E-state index contributed by atoms with van der Waals surface area (Å²) in [5.41, 5.74) is 0.584. The average molecular weight is 312 g/mol. The van der Waals surface area contributed by atoms with Crippen molar-refractivity contribution in [1.82, 2.24) is 15.5 Å². The van der Waals surface area contributed by atoms with Crippen LogP contribution in [0.4, 0.5) is 4.39 Å². The Morgan fingerprint density at radius 1 is 1.39 bits per heavy atom. The van der Waals surface area contributed by atoms with Gasteiger partial charge in [0.05, 0.1) is 11.0 Å². The maximum absolute atomic E-state index is 13.4. The van der Waals surface area contributed by atoms with E-state index in [4.69, 9.17) is 4.42 Å². The van der Waals surface area contributed by atoms with Gasteiger partial charge in [-0.25, -0.2) is 4.39 Å². The topological polar surface area (TPSA) is 51.0 Å². The zero-order valence-corrected chi connectivity index (χ0v) is 11.1. The lowest BCUT2D eigenvalue weighted by Crippen LogP contribution is -2.15. The monoisotopic (exact) mass is 311 g/mol. The van der Waals surface area contributed by atoms with Gasteiger partial charge in [0.15, 0.2) is 0 Å². The summed E-state index contributed by atoms with van der Waals surface area (Å²) in [6.45, 7) is 0.566. The number of hydrogen-bond donors (Lipinski definition) is 1. The van der Waals surface area contributed by atoms with Crippen molar-refractivity contribution in [2.24, 2.45) is 0 Å². The van der Waals surface area contributed by atoms with Gasteiger partial charge >= 0.3 is 0 Å². The second kappa shape index (κ2) is 4.78. The Morgan fingerprint density at radius 3 is 2.94 bits per heavy atom. The molecule has 1 aromatic heterocycles. The van der Waals surface area contributed by atoms with Crippen LogP contribution in [-0.4, -0.2) is 16.2 Å². The van der Waals surface area contributed by atoms with Crippen LogP contribution in [0.25, 0.3) is 11.5 Å². The molecular weight excluding hydrogens is 301 g/mol. The summed E-state index contributed by atoms with van der Waals surface area (Å²) in [4.78, 5) is 0. The minimum Gasteiger partial charge on any atom is -0.419 e. The Kier molecular flexibility index (Phi) is 3.13. The molecular formula is C12H11BrFN3O. The third-order valence-electron chi connectivity index (χ3n) is 2.75. The molecule has 0 bridgehead atoms. The molecule has 2 aromatic rings. The molecule has 3 rings (SSSR count). The fourth-order valence-electron chi connectivity index (χ4n) is 1.59. The summed E-state index contributed by atoms with van der Waals surface area (Å²) in [6, 6.07) is 5.32. The molecule has 1 aliphatic carbocycles. The van der Waals surface area contributed by atoms with Crippen molar-refractivity contribution in [3.63, 3.8) is 0 Å². The Hall–Kier alpha value is -1.27. The number of aromatic nitrogens is 2. The molecule has 1 fully saturated rings. The Morgan fingerprint density at radius 2 is 2.22 bits per heavy atom. The van der Waals surface area contributed by atoms with Gasteiger partial charge < -0.3 is 9.73 Å². The van der Waals surface area contributed by atoms with Gasteiger partial charge in [0.25, 0.3) is 0 Å². The lowest BCUT2D eigenvalue weighted by molar-refractivity contribution is 0.476. The second-order valence-corrected chi connectivity index (χ2v) is 5.14. The number of rotatable bonds is 4. The van der Waals surface area contributed by atoms with E-state index in [0.29, 0.717) is 34.4 Å². The van der Waals surface area contributed by atoms with Crippen molar-refractivity contribution in [3.05, 3.63) is 34.4 Å². The molecule has 0 saturated heterocycles. The van der Waals surface area contributed by atoms with Crippen LogP contribution < -0.4 is 5.32 Å². The lowest BCUT2D eigenvalue weighted by Gasteiger charge is -1.98. The van der Waals surface area contributed by atoms with E-state index < -0.39 is 0 Å². The quantitative estimate of drug-likeness (QED) is 0.943. The number of hydrogen-bond acceptors (Lipinski definition) is 4. The van der Waals surface area contributed by atoms with Gasteiger partial charge in [-0.15, -0.1) is 10.2 Å². The smallest absolute Gasteiger partial charge is 0.247 e. The Labute approximate surface area is 112 Å². The van der Waals surface area contributed by atoms with E-state index >= 15 is 0 Å². The van der Waals surface area contributed by atoms with Gasteiger partial charge in [0.2, 0.25) is 11.8 Å². The van der Waals surface area contributed by atoms with Crippen molar-refractivity contribution in [1.29, 1.82) is 0 Å². The number of benzene rings is 1. The van der Waals surface area contributed by atoms with Crippen LogP contribution >= 0.6 is 15.9 Å². The third-order valence-corrected chi connectivity index (χ3v) is 3.40. The molecule has 0 spiro atoms. The van der Waals surface area contributed by atoms with E-state index in [9.17, 15) is 4.39 Å². The first kappa shape index (κ1) is 11.8. The summed E-state index contributed by atoms with van der Waals surface area (Å²) in [6.07, 6.45) is 2.41. The molecule has 0 atom stereocenters. The molecule has 1 aromatic carbocycles. The van der Waals surface area contributed by atoms with E-state index in [1.807, 2.05) is 0 Å². The van der Waals surface area contributed by atoms with Gasteiger partial charge in [0.1, 0.15) is 5.82 Å². The highest BCUT2D eigenvalue weighted by Crippen LogP contribution is 2.24. The number of halogens is 2. The maximum atomic E-state index is 13.4. The molecule has 0 unspecified atom stereocenters. The van der Waals surface area contributed by atoms with E-state index in [2.05, 4.69) is 31.4 Å². The zero-order chi connectivity index (χ0) is 12.5. The fourth-order valence-corrected chi connectivity index (χ4v) is 1.84. The molecule has 0 aliphatic heterocycles. The van der Waals surface area contributed by atoms with E-state index in [0.717, 1.165) is 0 Å². The molecule has 1 N–H and O–H groups in total. The maximum Gasteiger partial charge on any atom is 0.247 e. The predicted molar refractivity (Wildman–Crippen MR) is 67.3 cm³/mol. The van der Waals surface area contributed by atoms with Gasteiger partial charge in [-0.1, -0.05) is 0 Å². The third kappa shape index (κ3) is 2.59. The summed E-state index contributed by atoms with van der Waals surface area (Å²) in [5.74, 6) is 0.526. The average Bonchev–Trinajstić information content (AvgIpc) is 3.08. The molecule has 1 aliphatic rings. The Bertz CT molecular complexity index is 568. The molecule has 0 radical (unpaired) electrons. The first-order valence-electron chi connectivity index (χ1n) is 5.73. The van der Waals surface area contributed by atoms with Crippen LogP contribution in [0.15, 0.2) is 27.1 Å². The summed E-state index contributed by atoms with van der Waals surface area (Å²) < 4.78 is 19.3. The van der Waals surface area contributed by atoms with Crippen LogP contribution in [-0.2, 0) is 6.54 Å². The van der Waals surface area contributed by atoms with Crippen molar-refractivity contribution in [2.45, 2.75) is 25.4 Å². The zero-order valence-electron chi connectivity index (χ0n) is 9.49. The van der Waals surface area contributed by atoms with Gasteiger partial charge in [0, 0.05) is 11.6 Å². The van der Waals surface area contributed by atoms with Gasteiger partial charge in [-0.2, -0.15) is 0 Å². The predicted octanol–water partition coefficient (Wildman–Crippen LogP) is 2.89. The van der Waals surface area contributed by atoms with Gasteiger partial charge in [-0.05, 0) is 47.0 Å². The van der Waals surface area contributed by atoms with Crippen molar-refractivity contribution in [3.8, 4) is 11.5 Å². The normalized spacial score (nSPS) is 15.0. The first-order valence-corrected chi connectivity index (χ1v) is 6.53. The summed E-state index contributed by atoms with van der Waals surface area (Å²) in [7, 11) is 0. The molecule has 94 valence electrons. The molecule has 1 saturated carbocycles. The highest BCUT2D eigenvalue weighted by Gasteiger charge is 2.21. The molecule has 0 amide bonds. The van der Waals surface area contributed by atoms with Crippen LogP contribution in [0.2, 0.25) is 0 Å². The first-order chi connectivity index (χ1) is 8.72. The number of nitrogens with one attached hydrogen (secondary N) is 1. The lowest BCUT2D eigenvalue weighted by atomic mass is 10.2. The minimum atomic E-state index is -0.344. The largest absolute Gasteiger partial charge is 0.419 e. The highest BCUT2D eigenvalue weighted by molar-refractivity contribution is 9.10. The fraction of sp³-hybridized carbons (Fsp3) is 0.333. The van der Waals surface area contributed by atoms with Crippen molar-refractivity contribution >= 4 is 15.9 Å². The molecule has 4 nitrogen and oxygen atoms in total. The van der Waals surface area contributed by atoms with Crippen molar-refractivity contribution in [2.75, 3.05) is 0 Å². The van der Waals surface area contributed by atoms with Gasteiger partial charge in [-0.3, -0.25) is 0 Å². The minimum absolute atomic E-state index is 0.342. The van der Waals surface area contributed by atoms with Crippen LogP contribution in [0.5, 0.6) is 0 Å².